The van der Waals surface area contributed by atoms with Crippen LogP contribution < -0.4 is 5.32 Å². The van der Waals surface area contributed by atoms with Crippen LogP contribution in [0.2, 0.25) is 0 Å². The minimum Gasteiger partial charge on any atom is -0.354 e. The predicted octanol–water partition coefficient (Wildman–Crippen LogP) is 2.90. The number of likely N-dealkylation sites (N-methyl/N-ethyl adjacent to an activating group) is 1. The first-order chi connectivity index (χ1) is 12.1. The molecule has 0 spiro atoms. The third-order valence-electron chi connectivity index (χ3n) is 4.06. The Kier molecular flexibility index (Phi) is 5.63. The third-order valence-corrected chi connectivity index (χ3v) is 5.03. The van der Waals surface area contributed by atoms with Gasteiger partial charge in [-0.2, -0.15) is 5.10 Å². The van der Waals surface area contributed by atoms with Crippen LogP contribution in [0.5, 0.6) is 0 Å². The SMILES string of the molecule is CN(C)C(CNC(=O)Cc1ccc(-n2cccn2)cc1)c1cccs1. The Labute approximate surface area is 151 Å². The summed E-state index contributed by atoms with van der Waals surface area (Å²) in [5, 5.41) is 9.32. The lowest BCUT2D eigenvalue weighted by Crippen LogP contribution is -2.34. The van der Waals surface area contributed by atoms with Crippen LogP contribution in [0.4, 0.5) is 0 Å². The molecule has 0 aliphatic carbocycles. The Balaban J connectivity index is 1.55. The fraction of sp³-hybridized carbons (Fsp3) is 0.263. The minimum absolute atomic E-state index is 0.0373. The first-order valence-electron chi connectivity index (χ1n) is 8.19. The zero-order valence-electron chi connectivity index (χ0n) is 14.4. The highest BCUT2D eigenvalue weighted by Gasteiger charge is 2.16. The van der Waals surface area contributed by atoms with E-state index in [4.69, 9.17) is 0 Å². The molecule has 0 radical (unpaired) electrons. The molecule has 2 heterocycles. The van der Waals surface area contributed by atoms with Gasteiger partial charge in [-0.25, -0.2) is 4.68 Å². The number of amides is 1. The second kappa shape index (κ2) is 8.09. The summed E-state index contributed by atoms with van der Waals surface area (Å²) < 4.78 is 1.80. The van der Waals surface area contributed by atoms with Crippen LogP contribution in [0.3, 0.4) is 0 Å². The number of carbonyl (C=O) groups is 1. The molecule has 1 N–H and O–H groups in total. The monoisotopic (exact) mass is 354 g/mol. The van der Waals surface area contributed by atoms with E-state index in [1.165, 1.54) is 4.88 Å². The van der Waals surface area contributed by atoms with Crippen LogP contribution in [0.25, 0.3) is 5.69 Å². The Morgan fingerprint density at radius 1 is 1.24 bits per heavy atom. The van der Waals surface area contributed by atoms with Crippen molar-refractivity contribution < 1.29 is 4.79 Å². The van der Waals surface area contributed by atoms with E-state index in [0.29, 0.717) is 13.0 Å². The fourth-order valence-corrected chi connectivity index (χ4v) is 3.59. The highest BCUT2D eigenvalue weighted by molar-refractivity contribution is 7.10. The van der Waals surface area contributed by atoms with Gasteiger partial charge in [-0.05, 0) is 49.3 Å². The molecule has 0 aliphatic heterocycles. The van der Waals surface area contributed by atoms with Gasteiger partial charge >= 0.3 is 0 Å². The number of carbonyl (C=O) groups excluding carboxylic acids is 1. The van der Waals surface area contributed by atoms with Crippen LogP contribution in [-0.2, 0) is 11.2 Å². The average Bonchev–Trinajstić information content (AvgIpc) is 3.29. The lowest BCUT2D eigenvalue weighted by Gasteiger charge is -2.23. The van der Waals surface area contributed by atoms with Crippen molar-refractivity contribution in [3.8, 4) is 5.69 Å². The highest BCUT2D eigenvalue weighted by atomic mass is 32.1. The first-order valence-corrected chi connectivity index (χ1v) is 9.07. The van der Waals surface area contributed by atoms with Crippen molar-refractivity contribution in [1.29, 1.82) is 0 Å². The summed E-state index contributed by atoms with van der Waals surface area (Å²) in [4.78, 5) is 15.7. The van der Waals surface area contributed by atoms with Gasteiger partial charge < -0.3 is 10.2 Å². The van der Waals surface area contributed by atoms with E-state index in [1.807, 2.05) is 56.7 Å². The number of nitrogens with one attached hydrogen (secondary N) is 1. The molecular weight excluding hydrogens is 332 g/mol. The summed E-state index contributed by atoms with van der Waals surface area (Å²) in [5.74, 6) is 0.0373. The molecule has 1 atom stereocenters. The van der Waals surface area contributed by atoms with E-state index < -0.39 is 0 Å². The zero-order valence-corrected chi connectivity index (χ0v) is 15.2. The molecule has 2 aromatic heterocycles. The molecule has 5 nitrogen and oxygen atoms in total. The van der Waals surface area contributed by atoms with E-state index in [9.17, 15) is 4.79 Å². The maximum atomic E-state index is 12.3. The Hall–Kier alpha value is -2.44. The second-order valence-corrected chi connectivity index (χ2v) is 7.07. The van der Waals surface area contributed by atoms with Crippen molar-refractivity contribution in [1.82, 2.24) is 20.0 Å². The standard InChI is InChI=1S/C19H22N4OS/c1-22(2)17(18-5-3-12-25-18)14-20-19(24)13-15-6-8-16(9-7-15)23-11-4-10-21-23/h3-12,17H,13-14H2,1-2H3,(H,20,24). The normalized spacial score (nSPS) is 12.3. The summed E-state index contributed by atoms with van der Waals surface area (Å²) in [6.45, 7) is 0.609. The van der Waals surface area contributed by atoms with Crippen molar-refractivity contribution in [2.45, 2.75) is 12.5 Å². The van der Waals surface area contributed by atoms with E-state index in [2.05, 4.69) is 26.8 Å². The largest absolute Gasteiger partial charge is 0.354 e. The van der Waals surface area contributed by atoms with Gasteiger partial charge in [-0.1, -0.05) is 18.2 Å². The maximum absolute atomic E-state index is 12.3. The number of thiophene rings is 1. The van der Waals surface area contributed by atoms with Crippen molar-refractivity contribution >= 4 is 17.2 Å². The molecule has 0 aliphatic rings. The summed E-state index contributed by atoms with van der Waals surface area (Å²) in [6, 6.07) is 14.1. The van der Waals surface area contributed by atoms with Crippen molar-refractivity contribution in [2.24, 2.45) is 0 Å². The van der Waals surface area contributed by atoms with Crippen LogP contribution in [-0.4, -0.2) is 41.2 Å². The molecule has 0 bridgehead atoms. The Morgan fingerprint density at radius 3 is 2.64 bits per heavy atom. The molecule has 0 fully saturated rings. The molecule has 3 aromatic rings. The fourth-order valence-electron chi connectivity index (χ4n) is 2.67. The lowest BCUT2D eigenvalue weighted by atomic mass is 10.1. The predicted molar refractivity (Wildman–Crippen MR) is 101 cm³/mol. The number of hydrogen-bond donors (Lipinski definition) is 1. The van der Waals surface area contributed by atoms with Gasteiger partial charge in [-0.15, -0.1) is 11.3 Å². The van der Waals surface area contributed by atoms with E-state index >= 15 is 0 Å². The van der Waals surface area contributed by atoms with E-state index in [0.717, 1.165) is 11.3 Å². The third kappa shape index (κ3) is 4.55. The van der Waals surface area contributed by atoms with Gasteiger partial charge in [0.05, 0.1) is 18.2 Å². The number of hydrogen-bond acceptors (Lipinski definition) is 4. The van der Waals surface area contributed by atoms with Crippen LogP contribution in [0.1, 0.15) is 16.5 Å². The minimum atomic E-state index is 0.0373. The molecule has 130 valence electrons. The summed E-state index contributed by atoms with van der Waals surface area (Å²) >= 11 is 1.71. The second-order valence-electron chi connectivity index (χ2n) is 6.09. The Morgan fingerprint density at radius 2 is 2.04 bits per heavy atom. The molecule has 0 saturated carbocycles. The van der Waals surface area contributed by atoms with Crippen molar-refractivity contribution in [3.63, 3.8) is 0 Å². The van der Waals surface area contributed by atoms with Gasteiger partial charge in [0.2, 0.25) is 5.91 Å². The van der Waals surface area contributed by atoms with Gasteiger partial charge in [0.25, 0.3) is 0 Å². The molecule has 6 heteroatoms. The topological polar surface area (TPSA) is 50.2 Å². The number of nitrogens with zero attached hydrogens (tertiary/aromatic N) is 3. The van der Waals surface area contributed by atoms with Crippen molar-refractivity contribution in [3.05, 3.63) is 70.7 Å². The number of benzene rings is 1. The summed E-state index contributed by atoms with van der Waals surface area (Å²) in [6.07, 6.45) is 4.02. The van der Waals surface area contributed by atoms with E-state index in [1.54, 1.807) is 22.2 Å². The summed E-state index contributed by atoms with van der Waals surface area (Å²) in [7, 11) is 4.06. The van der Waals surface area contributed by atoms with Crippen LogP contribution in [0, 0.1) is 0 Å². The molecular formula is C19H22N4OS. The summed E-state index contributed by atoms with van der Waals surface area (Å²) in [5.41, 5.74) is 1.98. The Bertz CT molecular complexity index is 779. The van der Waals surface area contributed by atoms with Gasteiger partial charge in [0.1, 0.15) is 0 Å². The molecule has 1 amide bonds. The van der Waals surface area contributed by atoms with Crippen molar-refractivity contribution in [2.75, 3.05) is 20.6 Å². The molecule has 3 rings (SSSR count). The van der Waals surface area contributed by atoms with Crippen LogP contribution >= 0.6 is 11.3 Å². The molecule has 1 aromatic carbocycles. The maximum Gasteiger partial charge on any atom is 0.224 e. The number of aromatic nitrogens is 2. The average molecular weight is 354 g/mol. The first kappa shape index (κ1) is 17.4. The van der Waals surface area contributed by atoms with Gasteiger partial charge in [0.15, 0.2) is 0 Å². The van der Waals surface area contributed by atoms with Gasteiger partial charge in [-0.3, -0.25) is 4.79 Å². The lowest BCUT2D eigenvalue weighted by molar-refractivity contribution is -0.120. The molecule has 25 heavy (non-hydrogen) atoms. The van der Waals surface area contributed by atoms with Gasteiger partial charge in [0, 0.05) is 23.8 Å². The van der Waals surface area contributed by atoms with Crippen LogP contribution in [0.15, 0.2) is 60.2 Å². The van der Waals surface area contributed by atoms with E-state index in [-0.39, 0.29) is 11.9 Å². The highest BCUT2D eigenvalue weighted by Crippen LogP contribution is 2.22. The smallest absolute Gasteiger partial charge is 0.224 e. The zero-order chi connectivity index (χ0) is 17.6. The number of rotatable bonds is 7. The molecule has 0 saturated heterocycles. The quantitative estimate of drug-likeness (QED) is 0.710. The molecule has 1 unspecified atom stereocenters.